The molecule has 0 aliphatic heterocycles. The first-order valence-corrected chi connectivity index (χ1v) is 3.59. The highest BCUT2D eigenvalue weighted by Gasteiger charge is 2.22. The van der Waals surface area contributed by atoms with Crippen molar-refractivity contribution in [2.75, 3.05) is 0 Å². The van der Waals surface area contributed by atoms with Gasteiger partial charge < -0.3 is 10.2 Å². The SMILES string of the molecule is CCC1=CC(F)=C[C@H](O)[C@@H]1O. The molecule has 0 spiro atoms. The summed E-state index contributed by atoms with van der Waals surface area (Å²) >= 11 is 0. The lowest BCUT2D eigenvalue weighted by atomic mass is 9.97. The highest BCUT2D eigenvalue weighted by Crippen LogP contribution is 2.21. The molecule has 1 rings (SSSR count). The van der Waals surface area contributed by atoms with E-state index in [-0.39, 0.29) is 0 Å². The molecule has 0 aromatic rings. The van der Waals surface area contributed by atoms with Gasteiger partial charge in [-0.1, -0.05) is 6.92 Å². The summed E-state index contributed by atoms with van der Waals surface area (Å²) < 4.78 is 12.6. The van der Waals surface area contributed by atoms with Gasteiger partial charge in [0.2, 0.25) is 0 Å². The Morgan fingerprint density at radius 1 is 1.55 bits per heavy atom. The molecule has 2 nitrogen and oxygen atoms in total. The first kappa shape index (κ1) is 8.43. The lowest BCUT2D eigenvalue weighted by Crippen LogP contribution is -2.28. The Labute approximate surface area is 64.7 Å². The van der Waals surface area contributed by atoms with E-state index in [0.717, 1.165) is 6.08 Å². The summed E-state index contributed by atoms with van der Waals surface area (Å²) in [6.45, 7) is 1.81. The smallest absolute Gasteiger partial charge is 0.121 e. The fraction of sp³-hybridized carbons (Fsp3) is 0.500. The first-order valence-electron chi connectivity index (χ1n) is 3.59. The summed E-state index contributed by atoms with van der Waals surface area (Å²) in [5.74, 6) is -0.473. The Morgan fingerprint density at radius 3 is 2.73 bits per heavy atom. The van der Waals surface area contributed by atoms with Gasteiger partial charge in [0.25, 0.3) is 0 Å². The third-order valence-electron chi connectivity index (χ3n) is 1.76. The Bertz CT molecular complexity index is 208. The maximum Gasteiger partial charge on any atom is 0.121 e. The van der Waals surface area contributed by atoms with Crippen molar-refractivity contribution in [3.63, 3.8) is 0 Å². The first-order chi connectivity index (χ1) is 5.15. The Balaban J connectivity index is 2.84. The van der Waals surface area contributed by atoms with Crippen LogP contribution in [-0.2, 0) is 0 Å². The normalized spacial score (nSPS) is 31.3. The van der Waals surface area contributed by atoms with Gasteiger partial charge in [0.1, 0.15) is 18.0 Å². The van der Waals surface area contributed by atoms with Crippen LogP contribution in [0.1, 0.15) is 13.3 Å². The van der Waals surface area contributed by atoms with Crippen molar-refractivity contribution in [2.24, 2.45) is 0 Å². The van der Waals surface area contributed by atoms with E-state index in [4.69, 9.17) is 5.11 Å². The predicted octanol–water partition coefficient (Wildman–Crippen LogP) is 0.912. The Hall–Kier alpha value is -0.670. The predicted molar refractivity (Wildman–Crippen MR) is 39.6 cm³/mol. The molecule has 0 amide bonds. The van der Waals surface area contributed by atoms with Crippen LogP contribution < -0.4 is 0 Å². The molecule has 0 aromatic carbocycles. The molecule has 11 heavy (non-hydrogen) atoms. The maximum atomic E-state index is 12.6. The van der Waals surface area contributed by atoms with Crippen LogP contribution in [-0.4, -0.2) is 22.4 Å². The quantitative estimate of drug-likeness (QED) is 0.595. The molecule has 0 fully saturated rings. The van der Waals surface area contributed by atoms with Crippen LogP contribution in [0.3, 0.4) is 0 Å². The van der Waals surface area contributed by atoms with Crippen LogP contribution in [0.4, 0.5) is 4.39 Å². The molecule has 2 atom stereocenters. The summed E-state index contributed by atoms with van der Waals surface area (Å²) in [7, 11) is 0. The van der Waals surface area contributed by atoms with Crippen molar-refractivity contribution in [1.82, 2.24) is 0 Å². The summed E-state index contributed by atoms with van der Waals surface area (Å²) in [5.41, 5.74) is 0.539. The molecule has 0 radical (unpaired) electrons. The lowest BCUT2D eigenvalue weighted by Gasteiger charge is -2.20. The van der Waals surface area contributed by atoms with Crippen molar-refractivity contribution >= 4 is 0 Å². The number of hydrogen-bond acceptors (Lipinski definition) is 2. The van der Waals surface area contributed by atoms with Gasteiger partial charge in [-0.05, 0) is 24.1 Å². The zero-order valence-electron chi connectivity index (χ0n) is 6.29. The molecule has 0 saturated heterocycles. The van der Waals surface area contributed by atoms with Gasteiger partial charge in [0, 0.05) is 0 Å². The second-order valence-corrected chi connectivity index (χ2v) is 2.56. The molecule has 0 aromatic heterocycles. The van der Waals surface area contributed by atoms with E-state index in [2.05, 4.69) is 0 Å². The summed E-state index contributed by atoms with van der Waals surface area (Å²) in [4.78, 5) is 0. The monoisotopic (exact) mass is 158 g/mol. The average Bonchev–Trinajstić information content (AvgIpc) is 1.96. The van der Waals surface area contributed by atoms with Crippen molar-refractivity contribution < 1.29 is 14.6 Å². The highest BCUT2D eigenvalue weighted by atomic mass is 19.1. The number of hydrogen-bond donors (Lipinski definition) is 2. The van der Waals surface area contributed by atoms with Gasteiger partial charge in [0.15, 0.2) is 0 Å². The number of aliphatic hydroxyl groups excluding tert-OH is 2. The third kappa shape index (κ3) is 1.67. The van der Waals surface area contributed by atoms with E-state index in [9.17, 15) is 9.50 Å². The summed E-state index contributed by atoms with van der Waals surface area (Å²) in [5, 5.41) is 18.3. The largest absolute Gasteiger partial charge is 0.386 e. The minimum atomic E-state index is -1.09. The van der Waals surface area contributed by atoms with Crippen molar-refractivity contribution in [2.45, 2.75) is 25.6 Å². The molecule has 2 N–H and O–H groups in total. The minimum absolute atomic E-state index is 0.473. The fourth-order valence-corrected chi connectivity index (χ4v) is 1.10. The van der Waals surface area contributed by atoms with E-state index in [0.29, 0.717) is 12.0 Å². The van der Waals surface area contributed by atoms with E-state index in [1.807, 2.05) is 0 Å². The van der Waals surface area contributed by atoms with Crippen LogP contribution in [0.25, 0.3) is 0 Å². The minimum Gasteiger partial charge on any atom is -0.386 e. The maximum absolute atomic E-state index is 12.6. The molecule has 0 saturated carbocycles. The number of halogens is 1. The van der Waals surface area contributed by atoms with Gasteiger partial charge in [-0.25, -0.2) is 4.39 Å². The molecule has 1 aliphatic carbocycles. The second kappa shape index (κ2) is 3.15. The molecule has 62 valence electrons. The van der Waals surface area contributed by atoms with Crippen molar-refractivity contribution in [1.29, 1.82) is 0 Å². The van der Waals surface area contributed by atoms with Gasteiger partial charge in [-0.2, -0.15) is 0 Å². The summed E-state index contributed by atoms with van der Waals surface area (Å²) in [6.07, 6.45) is 0.801. The number of aliphatic hydroxyl groups is 2. The zero-order valence-corrected chi connectivity index (χ0v) is 6.29. The molecule has 3 heteroatoms. The molecule has 0 heterocycles. The van der Waals surface area contributed by atoms with Gasteiger partial charge >= 0.3 is 0 Å². The van der Waals surface area contributed by atoms with Crippen molar-refractivity contribution in [3.05, 3.63) is 23.6 Å². The Morgan fingerprint density at radius 2 is 2.18 bits per heavy atom. The zero-order chi connectivity index (χ0) is 8.43. The van der Waals surface area contributed by atoms with Gasteiger partial charge in [-0.3, -0.25) is 0 Å². The number of rotatable bonds is 1. The summed E-state index contributed by atoms with van der Waals surface area (Å²) in [6, 6.07) is 0. The van der Waals surface area contributed by atoms with Crippen LogP contribution in [0.5, 0.6) is 0 Å². The lowest BCUT2D eigenvalue weighted by molar-refractivity contribution is 0.0676. The van der Waals surface area contributed by atoms with Crippen molar-refractivity contribution in [3.8, 4) is 0 Å². The van der Waals surface area contributed by atoms with Gasteiger partial charge in [0.05, 0.1) is 0 Å². The average molecular weight is 158 g/mol. The second-order valence-electron chi connectivity index (χ2n) is 2.56. The van der Waals surface area contributed by atoms with Gasteiger partial charge in [-0.15, -0.1) is 0 Å². The van der Waals surface area contributed by atoms with E-state index in [1.54, 1.807) is 6.92 Å². The van der Waals surface area contributed by atoms with Crippen LogP contribution >= 0.6 is 0 Å². The van der Waals surface area contributed by atoms with Crippen LogP contribution in [0.2, 0.25) is 0 Å². The van der Waals surface area contributed by atoms with E-state index < -0.39 is 18.0 Å². The highest BCUT2D eigenvalue weighted by molar-refractivity contribution is 5.29. The van der Waals surface area contributed by atoms with E-state index in [1.165, 1.54) is 6.08 Å². The fourth-order valence-electron chi connectivity index (χ4n) is 1.10. The molecule has 0 bridgehead atoms. The Kier molecular flexibility index (Phi) is 2.42. The molecular formula is C8H11FO2. The number of allylic oxidation sites excluding steroid dienone is 2. The topological polar surface area (TPSA) is 40.5 Å². The van der Waals surface area contributed by atoms with Crippen LogP contribution in [0, 0.1) is 0 Å². The van der Waals surface area contributed by atoms with E-state index >= 15 is 0 Å². The van der Waals surface area contributed by atoms with Crippen LogP contribution in [0.15, 0.2) is 23.6 Å². The standard InChI is InChI=1S/C8H11FO2/c1-2-5-3-6(9)4-7(10)8(5)11/h3-4,7-8,10-11H,2H2,1H3/t7-,8+/m0/s1. The third-order valence-corrected chi connectivity index (χ3v) is 1.76. The molecule has 0 unspecified atom stereocenters. The molecule has 1 aliphatic rings. The molecular weight excluding hydrogens is 147 g/mol.